The van der Waals surface area contributed by atoms with Crippen molar-refractivity contribution in [2.45, 2.75) is 38.3 Å². The maximum Gasteiger partial charge on any atom is 0.102 e. The lowest BCUT2D eigenvalue weighted by Crippen LogP contribution is -2.39. The van der Waals surface area contributed by atoms with Crippen molar-refractivity contribution in [3.63, 3.8) is 0 Å². The molecule has 1 heterocycles. The van der Waals surface area contributed by atoms with E-state index in [2.05, 4.69) is 42.0 Å². The topological polar surface area (TPSA) is 23.8 Å². The molecular weight excluding hydrogens is 273 g/mol. The fourth-order valence-electron chi connectivity index (χ4n) is 2.46. The van der Waals surface area contributed by atoms with Crippen molar-refractivity contribution >= 4 is 49.5 Å². The first-order valence-electron chi connectivity index (χ1n) is 6.29. The van der Waals surface area contributed by atoms with Crippen LogP contribution in [-0.2, 0) is 0 Å². The highest BCUT2D eigenvalue weighted by molar-refractivity contribution is 7.48. The van der Waals surface area contributed by atoms with Gasteiger partial charge in [-0.25, -0.2) is 0 Å². The highest BCUT2D eigenvalue weighted by atomic mass is 35.5. The Morgan fingerprint density at radius 1 is 1.05 bits per heavy atom. The molecule has 0 aromatic heterocycles. The molecule has 0 atom stereocenters. The first kappa shape index (κ1) is 14.9. The molecule has 1 aliphatic heterocycles. The average molecular weight is 288 g/mol. The van der Waals surface area contributed by atoms with Crippen LogP contribution in [0.25, 0.3) is 0 Å². The molecule has 2 rings (SSSR count). The summed E-state index contributed by atoms with van der Waals surface area (Å²) < 4.78 is 0. The predicted molar refractivity (Wildman–Crippen MR) is 86.2 cm³/mol. The molecule has 0 unspecified atom stereocenters. The van der Waals surface area contributed by atoms with Crippen LogP contribution in [0.5, 0.6) is 0 Å². The second kappa shape index (κ2) is 4.79. The van der Waals surface area contributed by atoms with Crippen LogP contribution < -0.4 is 5.46 Å². The molecule has 0 spiro atoms. The van der Waals surface area contributed by atoms with E-state index in [0.29, 0.717) is 15.6 Å². The summed E-state index contributed by atoms with van der Waals surface area (Å²) in [6.07, 6.45) is 0. The van der Waals surface area contributed by atoms with E-state index in [1.807, 2.05) is 18.2 Å². The van der Waals surface area contributed by atoms with Gasteiger partial charge in [-0.05, 0) is 12.1 Å². The molecule has 0 amide bonds. The molecule has 1 nitrogen and oxygen atoms in total. The van der Waals surface area contributed by atoms with Gasteiger partial charge in [-0.1, -0.05) is 67.0 Å². The lowest BCUT2D eigenvalue weighted by atomic mass is 9.04. The summed E-state index contributed by atoms with van der Waals surface area (Å²) in [7, 11) is 4.64. The first-order chi connectivity index (χ1) is 8.68. The van der Waals surface area contributed by atoms with Gasteiger partial charge in [-0.15, -0.1) is 0 Å². The molecule has 0 saturated carbocycles. The van der Waals surface area contributed by atoms with Gasteiger partial charge in [0.15, 0.2) is 0 Å². The lowest BCUT2D eigenvalue weighted by Gasteiger charge is -2.36. The van der Waals surface area contributed by atoms with Gasteiger partial charge < -0.3 is 0 Å². The molecule has 1 aliphatic rings. The van der Waals surface area contributed by atoms with Crippen LogP contribution >= 0.6 is 23.2 Å². The molecular formula is C13H14B3Cl2N. The highest BCUT2D eigenvalue weighted by Gasteiger charge is 2.48. The largest absolute Gasteiger partial charge is 0.192 e. The third-order valence-corrected chi connectivity index (χ3v) is 5.01. The molecule has 6 heteroatoms. The van der Waals surface area contributed by atoms with Gasteiger partial charge >= 0.3 is 0 Å². The van der Waals surface area contributed by atoms with Crippen LogP contribution in [-0.4, -0.2) is 20.8 Å². The quantitative estimate of drug-likeness (QED) is 0.727. The van der Waals surface area contributed by atoms with Crippen molar-refractivity contribution in [1.29, 1.82) is 5.26 Å². The fourth-order valence-corrected chi connectivity index (χ4v) is 3.05. The van der Waals surface area contributed by atoms with Crippen LogP contribution in [0.3, 0.4) is 0 Å². The number of halogens is 2. The number of benzene rings is 1. The van der Waals surface area contributed by atoms with E-state index in [0.717, 1.165) is 5.46 Å². The lowest BCUT2D eigenvalue weighted by molar-refractivity contribution is 0.504. The standard InChI is InChI=1S/C13H14B3Cl2N/c1-12(2)13(3,4)15-16(14-12)8-5-10(17)9(7-19)11(18)6-8/h5-6H,1-4H3. The van der Waals surface area contributed by atoms with E-state index in [9.17, 15) is 0 Å². The van der Waals surface area contributed by atoms with Crippen LogP contribution in [0.1, 0.15) is 33.3 Å². The number of hydrogen-bond donors (Lipinski definition) is 0. The number of hydrogen-bond acceptors (Lipinski definition) is 1. The van der Waals surface area contributed by atoms with Crippen molar-refractivity contribution in [3.05, 3.63) is 27.7 Å². The zero-order valence-corrected chi connectivity index (χ0v) is 13.1. The average Bonchev–Trinajstić information content (AvgIpc) is 2.47. The summed E-state index contributed by atoms with van der Waals surface area (Å²) in [6.45, 7) is 9.15. The normalized spacial score (nSPS) is 19.5. The maximum atomic E-state index is 8.99. The van der Waals surface area contributed by atoms with E-state index in [-0.39, 0.29) is 17.1 Å². The van der Waals surface area contributed by atoms with Crippen molar-refractivity contribution in [2.24, 2.45) is 0 Å². The fraction of sp³-hybridized carbons (Fsp3) is 0.462. The Hall–Kier alpha value is -0.515. The van der Waals surface area contributed by atoms with Gasteiger partial charge in [0, 0.05) is 0 Å². The zero-order chi connectivity index (χ0) is 14.4. The Balaban J connectivity index is 2.39. The van der Waals surface area contributed by atoms with E-state index in [1.165, 1.54) is 0 Å². The molecule has 94 valence electrons. The molecule has 1 aromatic rings. The van der Waals surface area contributed by atoms with Crippen molar-refractivity contribution in [2.75, 3.05) is 0 Å². The maximum absolute atomic E-state index is 8.99. The third-order valence-electron chi connectivity index (χ3n) is 4.41. The number of nitrogens with zero attached hydrogens (tertiary/aromatic N) is 1. The zero-order valence-electron chi connectivity index (χ0n) is 11.6. The van der Waals surface area contributed by atoms with Gasteiger partial charge in [-0.2, -0.15) is 5.26 Å². The molecule has 0 bridgehead atoms. The molecule has 1 aromatic carbocycles. The van der Waals surface area contributed by atoms with Crippen LogP contribution in [0.2, 0.25) is 20.7 Å². The van der Waals surface area contributed by atoms with E-state index in [4.69, 9.17) is 28.5 Å². The molecule has 1 saturated heterocycles. The Labute approximate surface area is 127 Å². The molecule has 0 N–H and O–H groups in total. The van der Waals surface area contributed by atoms with Crippen LogP contribution in [0.15, 0.2) is 12.1 Å². The minimum Gasteiger partial charge on any atom is -0.192 e. The summed E-state index contributed by atoms with van der Waals surface area (Å²) in [5.74, 6) is 0. The minimum absolute atomic E-state index is 0.116. The van der Waals surface area contributed by atoms with Crippen LogP contribution in [0.4, 0.5) is 0 Å². The molecule has 2 radical (unpaired) electrons. The number of nitriles is 1. The summed E-state index contributed by atoms with van der Waals surface area (Å²) >= 11 is 12.2. The van der Waals surface area contributed by atoms with Crippen molar-refractivity contribution < 1.29 is 0 Å². The monoisotopic (exact) mass is 287 g/mol. The van der Waals surface area contributed by atoms with Crippen molar-refractivity contribution in [1.82, 2.24) is 0 Å². The van der Waals surface area contributed by atoms with Gasteiger partial charge in [0.25, 0.3) is 0 Å². The van der Waals surface area contributed by atoms with E-state index >= 15 is 0 Å². The summed E-state index contributed by atoms with van der Waals surface area (Å²) in [6, 6.07) is 5.73. The number of rotatable bonds is 1. The Morgan fingerprint density at radius 2 is 1.47 bits per heavy atom. The Morgan fingerprint density at radius 3 is 1.84 bits per heavy atom. The molecule has 19 heavy (non-hydrogen) atoms. The second-order valence-corrected chi connectivity index (χ2v) is 7.09. The Bertz CT molecular complexity index is 524. The summed E-state index contributed by atoms with van der Waals surface area (Å²) in [5.41, 5.74) is 1.40. The molecule has 0 aliphatic carbocycles. The SMILES string of the molecule is CC1(C)[B]B(c2cc(Cl)c(C#N)c(Cl)c2)[B]C1(C)C. The van der Waals surface area contributed by atoms with Gasteiger partial charge in [-0.3, -0.25) is 0 Å². The van der Waals surface area contributed by atoms with Gasteiger partial charge in [0.2, 0.25) is 0 Å². The highest BCUT2D eigenvalue weighted by Crippen LogP contribution is 2.54. The van der Waals surface area contributed by atoms with Gasteiger partial charge in [0.1, 0.15) is 12.6 Å². The van der Waals surface area contributed by atoms with Crippen LogP contribution in [0, 0.1) is 11.3 Å². The second-order valence-electron chi connectivity index (χ2n) is 6.27. The third kappa shape index (κ3) is 2.56. The Kier molecular flexibility index (Phi) is 3.76. The van der Waals surface area contributed by atoms with Gasteiger partial charge in [0.05, 0.1) is 29.9 Å². The predicted octanol–water partition coefficient (Wildman–Crippen LogP) is 3.38. The molecule has 1 fully saturated rings. The smallest absolute Gasteiger partial charge is 0.102 e. The first-order valence-corrected chi connectivity index (χ1v) is 7.04. The minimum atomic E-state index is 0.116. The van der Waals surface area contributed by atoms with E-state index in [1.54, 1.807) is 0 Å². The summed E-state index contributed by atoms with van der Waals surface area (Å²) in [4.78, 5) is 0. The summed E-state index contributed by atoms with van der Waals surface area (Å²) in [5, 5.41) is 10.1. The van der Waals surface area contributed by atoms with E-state index < -0.39 is 0 Å². The van der Waals surface area contributed by atoms with Crippen molar-refractivity contribution in [3.8, 4) is 6.07 Å².